The van der Waals surface area contributed by atoms with Gasteiger partial charge in [0.15, 0.2) is 11.6 Å². The van der Waals surface area contributed by atoms with Crippen LogP contribution in [0.3, 0.4) is 0 Å². The second-order valence-corrected chi connectivity index (χ2v) is 7.55. The van der Waals surface area contributed by atoms with Crippen LogP contribution in [0, 0.1) is 11.6 Å². The molecule has 1 atom stereocenters. The third kappa shape index (κ3) is 4.12. The van der Waals surface area contributed by atoms with Gasteiger partial charge in [-0.3, -0.25) is 4.79 Å². The van der Waals surface area contributed by atoms with Crippen LogP contribution in [-0.2, 0) is 4.79 Å². The van der Waals surface area contributed by atoms with Crippen LogP contribution in [0.25, 0.3) is 22.5 Å². The average molecular weight is 411 g/mol. The minimum Gasteiger partial charge on any atom is -0.461 e. The van der Waals surface area contributed by atoms with Gasteiger partial charge in [0.25, 0.3) is 0 Å². The van der Waals surface area contributed by atoms with Crippen molar-refractivity contribution < 1.29 is 18.0 Å². The summed E-state index contributed by atoms with van der Waals surface area (Å²) in [5.41, 5.74) is 0.506. The van der Waals surface area contributed by atoms with Gasteiger partial charge in [-0.05, 0) is 37.3 Å². The summed E-state index contributed by atoms with van der Waals surface area (Å²) in [6.45, 7) is 1.67. The molecule has 1 N–H and O–H groups in total. The first-order valence-corrected chi connectivity index (χ1v) is 9.62. The quantitative estimate of drug-likeness (QED) is 0.357. The lowest BCUT2D eigenvalue weighted by Crippen LogP contribution is -2.23. The zero-order valence-corrected chi connectivity index (χ0v) is 16.0. The molecule has 0 saturated carbocycles. The van der Waals surface area contributed by atoms with Gasteiger partial charge in [-0.15, -0.1) is 0 Å². The molecule has 0 aliphatic carbocycles. The van der Waals surface area contributed by atoms with Crippen LogP contribution < -0.4 is 5.32 Å². The Morgan fingerprint density at radius 3 is 2.72 bits per heavy atom. The Hall–Kier alpha value is -3.26. The van der Waals surface area contributed by atoms with E-state index in [1.807, 2.05) is 24.3 Å². The maximum atomic E-state index is 13.8. The van der Waals surface area contributed by atoms with Gasteiger partial charge in [-0.1, -0.05) is 30.0 Å². The molecule has 0 unspecified atom stereocenters. The molecule has 5 nitrogen and oxygen atoms in total. The van der Waals surface area contributed by atoms with Crippen molar-refractivity contribution >= 4 is 34.3 Å². The monoisotopic (exact) mass is 411 g/mol. The lowest BCUT2D eigenvalue weighted by atomic mass is 10.2. The predicted molar refractivity (Wildman–Crippen MR) is 108 cm³/mol. The number of aromatic nitrogens is 2. The topological polar surface area (TPSA) is 68.0 Å². The van der Waals surface area contributed by atoms with E-state index in [4.69, 9.17) is 4.42 Å². The number of furan rings is 1. The first kappa shape index (κ1) is 19.1. The molecular formula is C21H15F2N3O2S. The molecule has 1 amide bonds. The van der Waals surface area contributed by atoms with Gasteiger partial charge >= 0.3 is 0 Å². The third-order valence-corrected chi connectivity index (χ3v) is 5.26. The number of nitrogens with zero attached hydrogens (tertiary/aromatic N) is 2. The fourth-order valence-electron chi connectivity index (χ4n) is 2.70. The Bertz CT molecular complexity index is 1180. The molecule has 2 heterocycles. The Labute approximate surface area is 169 Å². The number of rotatable bonds is 5. The van der Waals surface area contributed by atoms with E-state index in [9.17, 15) is 13.6 Å². The molecule has 0 radical (unpaired) electrons. The van der Waals surface area contributed by atoms with Gasteiger partial charge in [0.05, 0.1) is 22.7 Å². The smallest absolute Gasteiger partial charge is 0.237 e. The van der Waals surface area contributed by atoms with Crippen LogP contribution in [0.15, 0.2) is 70.3 Å². The van der Waals surface area contributed by atoms with E-state index in [-0.39, 0.29) is 5.69 Å². The number of carbonyl (C=O) groups excluding carboxylic acids is 1. The minimum absolute atomic E-state index is 0.203. The molecule has 8 heteroatoms. The summed E-state index contributed by atoms with van der Waals surface area (Å²) < 4.78 is 32.6. The zero-order valence-electron chi connectivity index (χ0n) is 15.2. The maximum absolute atomic E-state index is 13.8. The Morgan fingerprint density at radius 2 is 1.93 bits per heavy atom. The summed E-state index contributed by atoms with van der Waals surface area (Å²) in [5, 5.41) is 3.17. The van der Waals surface area contributed by atoms with Gasteiger partial charge < -0.3 is 9.73 Å². The number of amides is 1. The van der Waals surface area contributed by atoms with Crippen molar-refractivity contribution in [3.8, 4) is 11.6 Å². The number of benzene rings is 2. The minimum atomic E-state index is -0.704. The molecule has 0 aliphatic rings. The average Bonchev–Trinajstić information content (AvgIpc) is 3.25. The molecular weight excluding hydrogens is 396 g/mol. The van der Waals surface area contributed by atoms with E-state index in [0.717, 1.165) is 23.6 Å². The number of fused-ring (bicyclic) bond motifs is 1. The molecule has 0 fully saturated rings. The fourth-order valence-corrected chi connectivity index (χ4v) is 3.64. The van der Waals surface area contributed by atoms with Crippen molar-refractivity contribution in [2.75, 3.05) is 5.32 Å². The van der Waals surface area contributed by atoms with Crippen LogP contribution in [0.5, 0.6) is 0 Å². The van der Waals surface area contributed by atoms with Crippen LogP contribution in [-0.4, -0.2) is 21.1 Å². The molecule has 29 heavy (non-hydrogen) atoms. The summed E-state index contributed by atoms with van der Waals surface area (Å²) in [5.74, 6) is -0.894. The third-order valence-electron chi connectivity index (χ3n) is 4.15. The molecule has 0 saturated heterocycles. The summed E-state index contributed by atoms with van der Waals surface area (Å²) in [6.07, 6.45) is 1.53. The van der Waals surface area contributed by atoms with Crippen LogP contribution in [0.1, 0.15) is 6.92 Å². The second-order valence-electron chi connectivity index (χ2n) is 6.22. The molecule has 2 aromatic heterocycles. The predicted octanol–water partition coefficient (Wildman–Crippen LogP) is 5.29. The van der Waals surface area contributed by atoms with Crippen LogP contribution >= 0.6 is 11.8 Å². The number of halogens is 2. The highest BCUT2D eigenvalue weighted by molar-refractivity contribution is 8.00. The van der Waals surface area contributed by atoms with Crippen molar-refractivity contribution in [3.63, 3.8) is 0 Å². The largest absolute Gasteiger partial charge is 0.461 e. The standard InChI is InChI=1S/C21H15F2N3O2S/c1-12(20(27)25-17-11-13(22)8-9-15(17)23)29-21-14-5-2-3-6-16(14)24-19(26-21)18-7-4-10-28-18/h2-12H,1H3,(H,25,27)/t12-/m0/s1. The molecule has 0 aliphatic heterocycles. The maximum Gasteiger partial charge on any atom is 0.237 e. The second kappa shape index (κ2) is 8.00. The van der Waals surface area contributed by atoms with Crippen LogP contribution in [0.2, 0.25) is 0 Å². The Morgan fingerprint density at radius 1 is 1.10 bits per heavy atom. The SMILES string of the molecule is C[C@H](Sc1nc(-c2ccco2)nc2ccccc12)C(=O)Nc1cc(F)ccc1F. The van der Waals surface area contributed by atoms with Gasteiger partial charge in [-0.2, -0.15) is 0 Å². The lowest BCUT2D eigenvalue weighted by molar-refractivity contribution is -0.115. The van der Waals surface area contributed by atoms with Crippen molar-refractivity contribution in [2.45, 2.75) is 17.2 Å². The lowest BCUT2D eigenvalue weighted by Gasteiger charge is -2.14. The molecule has 146 valence electrons. The van der Waals surface area contributed by atoms with E-state index in [0.29, 0.717) is 22.1 Å². The number of hydrogen-bond donors (Lipinski definition) is 1. The van der Waals surface area contributed by atoms with E-state index in [1.54, 1.807) is 19.1 Å². The molecule has 4 rings (SSSR count). The van der Waals surface area contributed by atoms with E-state index in [2.05, 4.69) is 15.3 Å². The van der Waals surface area contributed by atoms with Crippen LogP contribution in [0.4, 0.5) is 14.5 Å². The fraction of sp³-hybridized carbons (Fsp3) is 0.0952. The zero-order chi connectivity index (χ0) is 20.4. The van der Waals surface area contributed by atoms with Crippen molar-refractivity contribution in [3.05, 3.63) is 72.5 Å². The van der Waals surface area contributed by atoms with Gasteiger partial charge in [0.2, 0.25) is 5.91 Å². The van der Waals surface area contributed by atoms with E-state index < -0.39 is 22.8 Å². The number of thioether (sulfide) groups is 1. The van der Waals surface area contributed by atoms with Gasteiger partial charge in [0.1, 0.15) is 16.7 Å². The van der Waals surface area contributed by atoms with Gasteiger partial charge in [0, 0.05) is 11.5 Å². The van der Waals surface area contributed by atoms with Crippen molar-refractivity contribution in [2.24, 2.45) is 0 Å². The summed E-state index contributed by atoms with van der Waals surface area (Å²) >= 11 is 1.20. The summed E-state index contributed by atoms with van der Waals surface area (Å²) in [4.78, 5) is 21.6. The number of anilines is 1. The molecule has 4 aromatic rings. The van der Waals surface area contributed by atoms with E-state index in [1.165, 1.54) is 18.0 Å². The highest BCUT2D eigenvalue weighted by Crippen LogP contribution is 2.31. The molecule has 2 aromatic carbocycles. The van der Waals surface area contributed by atoms with Gasteiger partial charge in [-0.25, -0.2) is 18.7 Å². The Kier molecular flexibility index (Phi) is 5.26. The Balaban J connectivity index is 1.62. The first-order chi connectivity index (χ1) is 14.0. The van der Waals surface area contributed by atoms with Crippen molar-refractivity contribution in [1.82, 2.24) is 9.97 Å². The summed E-state index contributed by atoms with van der Waals surface area (Å²) in [6, 6.07) is 13.8. The highest BCUT2D eigenvalue weighted by Gasteiger charge is 2.20. The first-order valence-electron chi connectivity index (χ1n) is 8.74. The summed E-state index contributed by atoms with van der Waals surface area (Å²) in [7, 11) is 0. The molecule has 0 spiro atoms. The highest BCUT2D eigenvalue weighted by atomic mass is 32.2. The number of hydrogen-bond acceptors (Lipinski definition) is 5. The van der Waals surface area contributed by atoms with E-state index >= 15 is 0 Å². The van der Waals surface area contributed by atoms with Crippen molar-refractivity contribution in [1.29, 1.82) is 0 Å². The number of carbonyl (C=O) groups is 1. The molecule has 0 bridgehead atoms. The number of nitrogens with one attached hydrogen (secondary N) is 1. The normalized spacial score (nSPS) is 12.1. The number of para-hydroxylation sites is 1.